The molecule has 2 aromatic rings. The minimum atomic E-state index is -3.57. The topological polar surface area (TPSA) is 84.9 Å². The van der Waals surface area contributed by atoms with Crippen LogP contribution < -0.4 is 14.8 Å². The molecule has 1 fully saturated rings. The van der Waals surface area contributed by atoms with Crippen molar-refractivity contribution in [3.8, 4) is 11.5 Å². The maximum atomic E-state index is 12.8. The quantitative estimate of drug-likeness (QED) is 0.800. The minimum Gasteiger partial charge on any atom is -0.497 e. The number of hydrogen-bond acceptors (Lipinski definition) is 5. The van der Waals surface area contributed by atoms with Crippen LogP contribution in [-0.2, 0) is 10.0 Å². The van der Waals surface area contributed by atoms with Gasteiger partial charge in [-0.1, -0.05) is 12.5 Å². The number of piperidine rings is 1. The molecule has 0 aromatic heterocycles. The molecule has 3 rings (SSSR count). The lowest BCUT2D eigenvalue weighted by Crippen LogP contribution is -2.35. The first-order valence-electron chi connectivity index (χ1n) is 9.09. The van der Waals surface area contributed by atoms with Gasteiger partial charge in [0.05, 0.1) is 24.7 Å². The molecule has 0 bridgehead atoms. The van der Waals surface area contributed by atoms with Crippen LogP contribution in [0, 0.1) is 0 Å². The molecule has 1 aliphatic rings. The molecular formula is C20H24N2O5S. The van der Waals surface area contributed by atoms with Gasteiger partial charge >= 0.3 is 0 Å². The van der Waals surface area contributed by atoms with Gasteiger partial charge in [0.25, 0.3) is 5.91 Å². The van der Waals surface area contributed by atoms with E-state index in [0.717, 1.165) is 19.3 Å². The van der Waals surface area contributed by atoms with E-state index in [1.165, 1.54) is 24.6 Å². The summed E-state index contributed by atoms with van der Waals surface area (Å²) in [5.74, 6) is 0.545. The molecule has 0 saturated carbocycles. The molecule has 1 amide bonds. The van der Waals surface area contributed by atoms with Crippen molar-refractivity contribution in [2.24, 2.45) is 0 Å². The number of benzene rings is 2. The Morgan fingerprint density at radius 1 is 1.00 bits per heavy atom. The van der Waals surface area contributed by atoms with Gasteiger partial charge in [0.2, 0.25) is 10.0 Å². The standard InChI is InChI=1S/C20H24N2O5S/c1-26-16-9-10-18(19(14-16)27-2)20(23)21-15-7-6-8-17(13-15)28(24,25)22-11-4-3-5-12-22/h6-10,13-14H,3-5,11-12H2,1-2H3,(H,21,23). The van der Waals surface area contributed by atoms with Crippen molar-refractivity contribution < 1.29 is 22.7 Å². The Morgan fingerprint density at radius 3 is 2.43 bits per heavy atom. The fourth-order valence-corrected chi connectivity index (χ4v) is 4.74. The number of nitrogens with zero attached hydrogens (tertiary/aromatic N) is 1. The van der Waals surface area contributed by atoms with Crippen molar-refractivity contribution in [1.29, 1.82) is 0 Å². The molecule has 0 spiro atoms. The van der Waals surface area contributed by atoms with Crippen molar-refractivity contribution in [2.75, 3.05) is 32.6 Å². The Bertz CT molecular complexity index is 953. The molecule has 28 heavy (non-hydrogen) atoms. The third-order valence-corrected chi connectivity index (χ3v) is 6.59. The fourth-order valence-electron chi connectivity index (χ4n) is 3.17. The number of carbonyl (C=O) groups excluding carboxylic acids is 1. The zero-order chi connectivity index (χ0) is 20.1. The molecule has 8 heteroatoms. The average molecular weight is 404 g/mol. The van der Waals surface area contributed by atoms with E-state index in [2.05, 4.69) is 5.32 Å². The predicted molar refractivity (Wildman–Crippen MR) is 107 cm³/mol. The van der Waals surface area contributed by atoms with Crippen molar-refractivity contribution in [1.82, 2.24) is 4.31 Å². The SMILES string of the molecule is COc1ccc(C(=O)Nc2cccc(S(=O)(=O)N3CCCCC3)c2)c(OC)c1. The second kappa shape index (κ2) is 8.62. The number of ether oxygens (including phenoxy) is 2. The molecule has 7 nitrogen and oxygen atoms in total. The minimum absolute atomic E-state index is 0.175. The molecule has 0 radical (unpaired) electrons. The van der Waals surface area contributed by atoms with Crippen molar-refractivity contribution in [3.05, 3.63) is 48.0 Å². The molecule has 1 heterocycles. The first-order valence-corrected chi connectivity index (χ1v) is 10.5. The normalized spacial score (nSPS) is 15.1. The molecular weight excluding hydrogens is 380 g/mol. The van der Waals surface area contributed by atoms with Gasteiger partial charge in [-0.25, -0.2) is 8.42 Å². The van der Waals surface area contributed by atoms with Gasteiger partial charge in [0.1, 0.15) is 11.5 Å². The Morgan fingerprint density at radius 2 is 1.75 bits per heavy atom. The lowest BCUT2D eigenvalue weighted by Gasteiger charge is -2.26. The smallest absolute Gasteiger partial charge is 0.259 e. The average Bonchev–Trinajstić information content (AvgIpc) is 2.74. The van der Waals surface area contributed by atoms with E-state index in [4.69, 9.17) is 9.47 Å². The maximum Gasteiger partial charge on any atom is 0.259 e. The van der Waals surface area contributed by atoms with Gasteiger partial charge in [-0.15, -0.1) is 0 Å². The highest BCUT2D eigenvalue weighted by molar-refractivity contribution is 7.89. The van der Waals surface area contributed by atoms with Crippen LogP contribution in [0.4, 0.5) is 5.69 Å². The Balaban J connectivity index is 1.82. The van der Waals surface area contributed by atoms with E-state index in [1.807, 2.05) is 0 Å². The first-order chi connectivity index (χ1) is 13.5. The van der Waals surface area contributed by atoms with E-state index < -0.39 is 15.9 Å². The molecule has 0 unspecified atom stereocenters. The number of anilines is 1. The van der Waals surface area contributed by atoms with Crippen LogP contribution in [0.3, 0.4) is 0 Å². The molecule has 0 atom stereocenters. The Kier molecular flexibility index (Phi) is 6.21. The summed E-state index contributed by atoms with van der Waals surface area (Å²) in [6.07, 6.45) is 2.78. The highest BCUT2D eigenvalue weighted by Crippen LogP contribution is 2.27. The van der Waals surface area contributed by atoms with Gasteiger partial charge in [-0.2, -0.15) is 4.31 Å². The largest absolute Gasteiger partial charge is 0.497 e. The van der Waals surface area contributed by atoms with Crippen LogP contribution in [0.2, 0.25) is 0 Å². The fraction of sp³-hybridized carbons (Fsp3) is 0.350. The Hall–Kier alpha value is -2.58. The molecule has 150 valence electrons. The number of hydrogen-bond donors (Lipinski definition) is 1. The van der Waals surface area contributed by atoms with Crippen LogP contribution in [0.15, 0.2) is 47.4 Å². The molecule has 2 aromatic carbocycles. The summed E-state index contributed by atoms with van der Waals surface area (Å²) in [6.45, 7) is 1.06. The predicted octanol–water partition coefficient (Wildman–Crippen LogP) is 3.13. The van der Waals surface area contributed by atoms with Crippen LogP contribution in [0.1, 0.15) is 29.6 Å². The van der Waals surface area contributed by atoms with Gasteiger partial charge in [0, 0.05) is 24.8 Å². The van der Waals surface area contributed by atoms with Crippen molar-refractivity contribution >= 4 is 21.6 Å². The second-order valence-corrected chi connectivity index (χ2v) is 8.45. The van der Waals surface area contributed by atoms with Crippen molar-refractivity contribution in [3.63, 3.8) is 0 Å². The van der Waals surface area contributed by atoms with E-state index in [1.54, 1.807) is 36.4 Å². The van der Waals surface area contributed by atoms with Gasteiger partial charge < -0.3 is 14.8 Å². The zero-order valence-electron chi connectivity index (χ0n) is 16.0. The number of sulfonamides is 1. The number of nitrogens with one attached hydrogen (secondary N) is 1. The van der Waals surface area contributed by atoms with Crippen LogP contribution >= 0.6 is 0 Å². The third-order valence-electron chi connectivity index (χ3n) is 4.70. The molecule has 1 aliphatic heterocycles. The lowest BCUT2D eigenvalue weighted by atomic mass is 10.1. The zero-order valence-corrected chi connectivity index (χ0v) is 16.8. The van der Waals surface area contributed by atoms with Crippen LogP contribution in [0.5, 0.6) is 11.5 Å². The summed E-state index contributed by atoms with van der Waals surface area (Å²) in [6, 6.07) is 11.2. The summed E-state index contributed by atoms with van der Waals surface area (Å²) in [5.41, 5.74) is 0.730. The van der Waals surface area contributed by atoms with Crippen LogP contribution in [-0.4, -0.2) is 45.9 Å². The first kappa shape index (κ1) is 20.2. The van der Waals surface area contributed by atoms with E-state index in [-0.39, 0.29) is 4.90 Å². The van der Waals surface area contributed by atoms with Gasteiger partial charge in [0.15, 0.2) is 0 Å². The number of methoxy groups -OCH3 is 2. The van der Waals surface area contributed by atoms with Crippen molar-refractivity contribution in [2.45, 2.75) is 24.2 Å². The monoisotopic (exact) mass is 404 g/mol. The summed E-state index contributed by atoms with van der Waals surface area (Å²) in [4.78, 5) is 12.8. The van der Waals surface area contributed by atoms with Crippen LogP contribution in [0.25, 0.3) is 0 Å². The third kappa shape index (κ3) is 4.28. The molecule has 0 aliphatic carbocycles. The van der Waals surface area contributed by atoms with Gasteiger partial charge in [-0.3, -0.25) is 4.79 Å². The Labute approximate surface area is 165 Å². The highest BCUT2D eigenvalue weighted by Gasteiger charge is 2.26. The summed E-state index contributed by atoms with van der Waals surface area (Å²) >= 11 is 0. The second-order valence-electron chi connectivity index (χ2n) is 6.51. The number of carbonyl (C=O) groups is 1. The summed E-state index contributed by atoms with van der Waals surface area (Å²) in [7, 11) is -0.566. The highest BCUT2D eigenvalue weighted by atomic mass is 32.2. The number of amides is 1. The lowest BCUT2D eigenvalue weighted by molar-refractivity contribution is 0.102. The van der Waals surface area contributed by atoms with E-state index in [9.17, 15) is 13.2 Å². The summed E-state index contributed by atoms with van der Waals surface area (Å²) in [5, 5.41) is 2.74. The molecule has 1 N–H and O–H groups in total. The summed E-state index contributed by atoms with van der Waals surface area (Å²) < 4.78 is 37.6. The van der Waals surface area contributed by atoms with E-state index in [0.29, 0.717) is 35.8 Å². The van der Waals surface area contributed by atoms with E-state index >= 15 is 0 Å². The van der Waals surface area contributed by atoms with Gasteiger partial charge in [-0.05, 0) is 43.2 Å². The number of rotatable bonds is 6. The maximum absolute atomic E-state index is 12.8. The molecule has 1 saturated heterocycles.